The Bertz CT molecular complexity index is 92.8. The van der Waals surface area contributed by atoms with Crippen molar-refractivity contribution in [3.63, 3.8) is 0 Å². The molecule has 0 bridgehead atoms. The first-order valence-electron chi connectivity index (χ1n) is 4.08. The van der Waals surface area contributed by atoms with Crippen LogP contribution in [0.2, 0.25) is 3.36 Å². The Morgan fingerprint density at radius 3 is 1.55 bits per heavy atom. The zero-order valence-corrected chi connectivity index (χ0v) is 10.7. The number of hydrogen-bond acceptors (Lipinski definition) is 2. The molecule has 0 unspecified atom stereocenters. The van der Waals surface area contributed by atoms with Gasteiger partial charge in [-0.15, -0.1) is 0 Å². The molecule has 0 radical (unpaired) electrons. The van der Waals surface area contributed by atoms with Gasteiger partial charge in [0.1, 0.15) is 0 Å². The zero-order valence-electron chi connectivity index (χ0n) is 8.18. The summed E-state index contributed by atoms with van der Waals surface area (Å²) in [5.41, 5.74) is 0. The second-order valence-corrected chi connectivity index (χ2v) is 10.0. The van der Waals surface area contributed by atoms with E-state index >= 15 is 0 Å². The molecular weight excluding hydrogens is 250 g/mol. The first kappa shape index (κ1) is 11.7. The topological polar surface area (TPSA) is 18.5 Å². The van der Waals surface area contributed by atoms with E-state index in [2.05, 4.69) is 20.8 Å². The molecule has 0 aliphatic carbocycles. The van der Waals surface area contributed by atoms with Crippen LogP contribution in [-0.4, -0.2) is 34.3 Å². The maximum atomic E-state index is 5.61. The average Bonchev–Trinajstić information content (AvgIpc) is 1.85. The Hall–Kier alpha value is 0.738. The van der Waals surface area contributed by atoms with Gasteiger partial charge in [-0.1, -0.05) is 0 Å². The van der Waals surface area contributed by atoms with E-state index in [1.54, 1.807) is 0 Å². The summed E-state index contributed by atoms with van der Waals surface area (Å²) in [7, 11) is 0. The molecule has 0 aromatic rings. The van der Waals surface area contributed by atoms with E-state index in [1.165, 1.54) is 0 Å². The average molecular weight is 269 g/mol. The van der Waals surface area contributed by atoms with Crippen LogP contribution in [0, 0.1) is 0 Å². The van der Waals surface area contributed by atoms with Gasteiger partial charge in [-0.05, 0) is 0 Å². The Kier molecular flexibility index (Phi) is 5.76. The Morgan fingerprint density at radius 2 is 1.36 bits per heavy atom. The van der Waals surface area contributed by atoms with Gasteiger partial charge in [0.05, 0.1) is 0 Å². The molecule has 0 fully saturated rings. The first-order chi connectivity index (χ1) is 5.02. The molecule has 0 N–H and O–H groups in total. The van der Waals surface area contributed by atoms with Gasteiger partial charge >= 0.3 is 78.3 Å². The minimum absolute atomic E-state index is 0.259. The minimum atomic E-state index is -1.85. The second-order valence-electron chi connectivity index (χ2n) is 3.26. The van der Waals surface area contributed by atoms with Gasteiger partial charge in [0.25, 0.3) is 0 Å². The van der Waals surface area contributed by atoms with Crippen LogP contribution in [0.4, 0.5) is 0 Å². The van der Waals surface area contributed by atoms with Crippen molar-refractivity contribution in [2.75, 3.05) is 13.2 Å². The third-order valence-corrected chi connectivity index (χ3v) is 6.98. The monoisotopic (exact) mass is 268 g/mol. The zero-order chi connectivity index (χ0) is 8.91. The molecular formula is C8H19O2Sb. The van der Waals surface area contributed by atoms with Gasteiger partial charge in [0, 0.05) is 0 Å². The fourth-order valence-electron chi connectivity index (χ4n) is 0.659. The molecule has 3 heteroatoms. The second kappa shape index (κ2) is 5.40. The summed E-state index contributed by atoms with van der Waals surface area (Å²) in [6, 6.07) is 0. The van der Waals surface area contributed by atoms with Crippen LogP contribution in [0.3, 0.4) is 0 Å². The normalized spacial score (nSPS) is 12.5. The molecule has 0 heterocycles. The van der Waals surface area contributed by atoms with Crippen LogP contribution in [0.1, 0.15) is 34.6 Å². The Labute approximate surface area is 78.3 Å². The SMILES string of the molecule is CC[O][Sb]([O]CC)[C](C)(C)C. The molecule has 0 aliphatic heterocycles. The molecule has 0 aliphatic rings. The predicted molar refractivity (Wildman–Crippen MR) is 48.7 cm³/mol. The van der Waals surface area contributed by atoms with Crippen molar-refractivity contribution in [1.82, 2.24) is 0 Å². The fraction of sp³-hybridized carbons (Fsp3) is 1.00. The van der Waals surface area contributed by atoms with Crippen LogP contribution in [0.25, 0.3) is 0 Å². The van der Waals surface area contributed by atoms with Crippen molar-refractivity contribution in [2.24, 2.45) is 0 Å². The van der Waals surface area contributed by atoms with Crippen LogP contribution >= 0.6 is 0 Å². The van der Waals surface area contributed by atoms with Crippen molar-refractivity contribution >= 4 is 21.1 Å². The van der Waals surface area contributed by atoms with Gasteiger partial charge in [-0.3, -0.25) is 0 Å². The van der Waals surface area contributed by atoms with Crippen molar-refractivity contribution in [2.45, 2.75) is 38.0 Å². The Balaban J connectivity index is 3.88. The van der Waals surface area contributed by atoms with Gasteiger partial charge in [0.15, 0.2) is 0 Å². The summed E-state index contributed by atoms with van der Waals surface area (Å²) in [4.78, 5) is 0. The molecule has 0 saturated carbocycles. The standard InChI is InChI=1S/C4H9.2C2H5O.Sb/c1-4(2)3;2*1-2-3;/h1-3H3;2*2H2,1H3;/q;2*-1;+2. The summed E-state index contributed by atoms with van der Waals surface area (Å²) >= 11 is -1.85. The fourth-order valence-corrected chi connectivity index (χ4v) is 4.42. The van der Waals surface area contributed by atoms with Crippen LogP contribution in [0.5, 0.6) is 0 Å². The van der Waals surface area contributed by atoms with E-state index in [0.29, 0.717) is 0 Å². The molecule has 11 heavy (non-hydrogen) atoms. The van der Waals surface area contributed by atoms with Gasteiger partial charge < -0.3 is 0 Å². The van der Waals surface area contributed by atoms with Crippen molar-refractivity contribution in [3.8, 4) is 0 Å². The van der Waals surface area contributed by atoms with E-state index in [4.69, 9.17) is 6.03 Å². The molecule has 2 nitrogen and oxygen atoms in total. The van der Waals surface area contributed by atoms with E-state index in [-0.39, 0.29) is 3.36 Å². The summed E-state index contributed by atoms with van der Waals surface area (Å²) < 4.78 is 11.5. The number of hydrogen-bond donors (Lipinski definition) is 0. The van der Waals surface area contributed by atoms with E-state index in [0.717, 1.165) is 13.2 Å². The summed E-state index contributed by atoms with van der Waals surface area (Å²) in [6.45, 7) is 12.2. The molecule has 0 amide bonds. The third-order valence-electron chi connectivity index (χ3n) is 1.04. The first-order valence-corrected chi connectivity index (χ1v) is 7.44. The van der Waals surface area contributed by atoms with Crippen LogP contribution in [0.15, 0.2) is 0 Å². The summed E-state index contributed by atoms with van der Waals surface area (Å²) in [5.74, 6) is 0. The molecule has 0 aromatic heterocycles. The maximum absolute atomic E-state index is 5.61. The molecule has 0 rings (SSSR count). The molecule has 0 saturated heterocycles. The summed E-state index contributed by atoms with van der Waals surface area (Å²) in [6.07, 6.45) is 0. The van der Waals surface area contributed by atoms with Crippen molar-refractivity contribution in [1.29, 1.82) is 0 Å². The van der Waals surface area contributed by atoms with Gasteiger partial charge in [0.2, 0.25) is 0 Å². The van der Waals surface area contributed by atoms with Gasteiger partial charge in [-0.25, -0.2) is 0 Å². The summed E-state index contributed by atoms with van der Waals surface area (Å²) in [5, 5.41) is 0. The number of rotatable bonds is 4. The third kappa shape index (κ3) is 5.05. The van der Waals surface area contributed by atoms with Crippen LogP contribution in [-0.2, 0) is 6.03 Å². The van der Waals surface area contributed by atoms with E-state index in [9.17, 15) is 0 Å². The molecule has 0 atom stereocenters. The molecule has 0 spiro atoms. The predicted octanol–water partition coefficient (Wildman–Crippen LogP) is 2.35. The van der Waals surface area contributed by atoms with Crippen molar-refractivity contribution in [3.05, 3.63) is 0 Å². The van der Waals surface area contributed by atoms with Crippen molar-refractivity contribution < 1.29 is 6.03 Å². The quantitative estimate of drug-likeness (QED) is 0.729. The van der Waals surface area contributed by atoms with E-state index in [1.807, 2.05) is 13.8 Å². The van der Waals surface area contributed by atoms with E-state index < -0.39 is 21.1 Å². The Morgan fingerprint density at radius 1 is 1.00 bits per heavy atom. The molecule has 68 valence electrons. The van der Waals surface area contributed by atoms with Crippen LogP contribution < -0.4 is 0 Å². The molecule has 0 aromatic carbocycles. The van der Waals surface area contributed by atoms with Gasteiger partial charge in [-0.2, -0.15) is 0 Å².